The Bertz CT molecular complexity index is 13.5. The standard InChI is InChI=1S/Al.H3N.2O/h;1H3;;/q;;;-1/p+1. The van der Waals surface area contributed by atoms with E-state index in [4.69, 9.17) is 7.96 Å². The van der Waals surface area contributed by atoms with Crippen molar-refractivity contribution in [3.8, 4) is 0 Å². The van der Waals surface area contributed by atoms with E-state index in [1.807, 2.05) is 0 Å². The summed E-state index contributed by atoms with van der Waals surface area (Å²) in [7, 11) is 0. The maximum atomic E-state index is 8.46. The Kier molecular flexibility index (Phi) is 25.4. The van der Waals surface area contributed by atoms with Crippen LogP contribution in [0.3, 0.4) is 0 Å². The quantitative estimate of drug-likeness (QED) is 0.364. The molecule has 0 unspecified atom stereocenters. The van der Waals surface area contributed by atoms with Gasteiger partial charge in [-0.05, 0) is 0 Å². The molecule has 0 atom stereocenters. The Morgan fingerprint density at radius 3 is 1.75 bits per heavy atom. The molecular weight excluding hydrogens is 73.0 g/mol. The van der Waals surface area contributed by atoms with Gasteiger partial charge in [0.25, 0.3) is 0 Å². The van der Waals surface area contributed by atoms with E-state index in [0.29, 0.717) is 0 Å². The van der Waals surface area contributed by atoms with Gasteiger partial charge in [0.1, 0.15) is 0 Å². The Balaban J connectivity index is 0. The van der Waals surface area contributed by atoms with Gasteiger partial charge in [-0.25, -0.2) is 0 Å². The van der Waals surface area contributed by atoms with Gasteiger partial charge in [-0.3, -0.25) is 0 Å². The number of hydrogen-bond donors (Lipinski definition) is 1. The Morgan fingerprint density at radius 1 is 1.75 bits per heavy atom. The van der Waals surface area contributed by atoms with E-state index in [2.05, 4.69) is 0 Å². The molecule has 4 heteroatoms. The second kappa shape index (κ2) is 11.3. The van der Waals surface area contributed by atoms with Crippen molar-refractivity contribution in [1.82, 2.24) is 6.15 Å². The summed E-state index contributed by atoms with van der Waals surface area (Å²) in [5, 5.41) is 0. The molecule has 0 aromatic carbocycles. The fraction of sp³-hybridized carbons (Fsp3) is 0. The Labute approximate surface area is 30.5 Å². The summed E-state index contributed by atoms with van der Waals surface area (Å²) in [6.45, 7) is 0. The van der Waals surface area contributed by atoms with E-state index in [-0.39, 0.29) is 6.15 Å². The molecule has 0 spiro atoms. The summed E-state index contributed by atoms with van der Waals surface area (Å²) in [6, 6.07) is 0. The predicted octanol–water partition coefficient (Wildman–Crippen LogP) is -1.31. The molecule has 4 N–H and O–H groups in total. The van der Waals surface area contributed by atoms with Crippen molar-refractivity contribution in [2.75, 3.05) is 0 Å². The summed E-state index contributed by atoms with van der Waals surface area (Å²) in [5.74, 6) is 0. The SMILES string of the molecule is [NH4+].[O]=[Al][O-]. The van der Waals surface area contributed by atoms with Gasteiger partial charge in [-0.1, -0.05) is 0 Å². The average Bonchev–Trinajstić information content (AvgIpc) is 0.918. The van der Waals surface area contributed by atoms with Crippen molar-refractivity contribution in [3.63, 3.8) is 0 Å². The van der Waals surface area contributed by atoms with Crippen LogP contribution in [0.4, 0.5) is 0 Å². The van der Waals surface area contributed by atoms with Crippen LogP contribution in [-0.4, -0.2) is 15.5 Å². The van der Waals surface area contributed by atoms with Crippen LogP contribution in [0.1, 0.15) is 0 Å². The minimum atomic E-state index is -1.75. The second-order valence-electron chi connectivity index (χ2n) is 0.0962. The molecule has 0 amide bonds. The molecule has 0 aromatic rings. The van der Waals surface area contributed by atoms with E-state index in [0.717, 1.165) is 0 Å². The van der Waals surface area contributed by atoms with Gasteiger partial charge in [0, 0.05) is 0 Å². The van der Waals surface area contributed by atoms with Gasteiger partial charge in [-0.15, -0.1) is 0 Å². The van der Waals surface area contributed by atoms with Crippen molar-refractivity contribution in [2.45, 2.75) is 0 Å². The number of quaternary nitrogens is 1. The van der Waals surface area contributed by atoms with E-state index in [9.17, 15) is 0 Å². The van der Waals surface area contributed by atoms with Crippen molar-refractivity contribution in [3.05, 3.63) is 0 Å². The maximum absolute atomic E-state index is 8.46. The topological polar surface area (TPSA) is 76.6 Å². The molecule has 0 fully saturated rings. The number of rotatable bonds is 0. The zero-order chi connectivity index (χ0) is 2.71. The van der Waals surface area contributed by atoms with Gasteiger partial charge in [-0.2, -0.15) is 0 Å². The first kappa shape index (κ1) is 8.94. The van der Waals surface area contributed by atoms with Crippen LogP contribution < -0.4 is 10.3 Å². The first-order valence-corrected chi connectivity index (χ1v) is 1.41. The van der Waals surface area contributed by atoms with Crippen LogP contribution in [0.2, 0.25) is 0 Å². The van der Waals surface area contributed by atoms with E-state index < -0.39 is 15.5 Å². The normalized spacial score (nSPS) is 2.00. The van der Waals surface area contributed by atoms with Gasteiger partial charge >= 0.3 is 23.4 Å². The molecule has 0 rings (SSSR count). The Morgan fingerprint density at radius 2 is 1.75 bits per heavy atom. The van der Waals surface area contributed by atoms with Crippen LogP contribution in [0.5, 0.6) is 0 Å². The van der Waals surface area contributed by atoms with E-state index in [1.165, 1.54) is 0 Å². The van der Waals surface area contributed by atoms with Crippen LogP contribution >= 0.6 is 0 Å². The second-order valence-corrected chi connectivity index (χ2v) is 0.289. The third-order valence-corrected chi connectivity index (χ3v) is 0. The molecule has 0 aromatic heterocycles. The fourth-order valence-electron chi connectivity index (χ4n) is 0. The molecule has 0 bridgehead atoms. The molecule has 0 saturated heterocycles. The van der Waals surface area contributed by atoms with Crippen LogP contribution in [0.25, 0.3) is 0 Å². The molecule has 0 saturated carbocycles. The minimum absolute atomic E-state index is 0. The first-order valence-electron chi connectivity index (χ1n) is 0.471. The number of hydrogen-bond acceptors (Lipinski definition) is 2. The molecule has 4 heavy (non-hydrogen) atoms. The van der Waals surface area contributed by atoms with Gasteiger partial charge in [0.2, 0.25) is 0 Å². The Hall–Kier alpha value is 0.0925. The van der Waals surface area contributed by atoms with Gasteiger partial charge in [0.05, 0.1) is 0 Å². The van der Waals surface area contributed by atoms with Gasteiger partial charge < -0.3 is 6.15 Å². The molecule has 0 aliphatic heterocycles. The van der Waals surface area contributed by atoms with Crippen molar-refractivity contribution in [1.29, 1.82) is 0 Å². The van der Waals surface area contributed by atoms with Gasteiger partial charge in [0.15, 0.2) is 0 Å². The molecule has 3 nitrogen and oxygen atoms in total. The fourth-order valence-corrected chi connectivity index (χ4v) is 0. The molecule has 0 aliphatic rings. The summed E-state index contributed by atoms with van der Waals surface area (Å²) >= 11 is -1.75. The molecular formula is H4AlNO2. The first-order chi connectivity index (χ1) is 1.41. The molecule has 24 valence electrons. The van der Waals surface area contributed by atoms with Crippen molar-refractivity contribution in [2.24, 2.45) is 0 Å². The zero-order valence-corrected chi connectivity index (χ0v) is 3.55. The van der Waals surface area contributed by atoms with E-state index >= 15 is 0 Å². The third-order valence-electron chi connectivity index (χ3n) is 0. The van der Waals surface area contributed by atoms with Crippen LogP contribution in [0, 0.1) is 0 Å². The van der Waals surface area contributed by atoms with Crippen LogP contribution in [0.15, 0.2) is 0 Å². The van der Waals surface area contributed by atoms with Crippen molar-refractivity contribution >= 4 is 15.5 Å². The molecule has 0 radical (unpaired) electrons. The zero-order valence-electron chi connectivity index (χ0n) is 2.39. The molecule has 0 aliphatic carbocycles. The third kappa shape index (κ3) is 292. The van der Waals surface area contributed by atoms with Crippen LogP contribution in [-0.2, 0) is 3.80 Å². The summed E-state index contributed by atoms with van der Waals surface area (Å²) < 4.78 is 16.9. The predicted molar refractivity (Wildman–Crippen MR) is 12.4 cm³/mol. The molecule has 0 heterocycles. The summed E-state index contributed by atoms with van der Waals surface area (Å²) in [4.78, 5) is 0. The monoisotopic (exact) mass is 77.0 g/mol. The van der Waals surface area contributed by atoms with E-state index in [1.54, 1.807) is 0 Å². The average molecular weight is 77.0 g/mol. The van der Waals surface area contributed by atoms with Crippen molar-refractivity contribution < 1.29 is 7.96 Å². The summed E-state index contributed by atoms with van der Waals surface area (Å²) in [6.07, 6.45) is 0. The summed E-state index contributed by atoms with van der Waals surface area (Å²) in [5.41, 5.74) is 0.